The lowest BCUT2D eigenvalue weighted by Gasteiger charge is -2.29. The molecule has 0 bridgehead atoms. The normalized spacial score (nSPS) is 20.8. The molecule has 11 heteroatoms. The van der Waals surface area contributed by atoms with Gasteiger partial charge in [0.1, 0.15) is 24.2 Å². The van der Waals surface area contributed by atoms with Crippen LogP contribution in [0.4, 0.5) is 4.39 Å². The Morgan fingerprint density at radius 1 is 0.915 bits per heavy atom. The Balaban J connectivity index is 1.07. The van der Waals surface area contributed by atoms with Gasteiger partial charge in [-0.15, -0.1) is 0 Å². The fraction of sp³-hybridized carbons (Fsp3) is 0.444. The van der Waals surface area contributed by atoms with E-state index in [9.17, 15) is 22.4 Å². The number of esters is 1. The molecule has 1 amide bonds. The van der Waals surface area contributed by atoms with E-state index in [0.29, 0.717) is 45.4 Å². The first-order valence-corrected chi connectivity index (χ1v) is 17.9. The summed E-state index contributed by atoms with van der Waals surface area (Å²) in [4.78, 5) is 27.3. The number of nitrogens with zero attached hydrogens (tertiary/aromatic N) is 1. The first-order chi connectivity index (χ1) is 22.6. The molecular weight excluding hydrogens is 621 g/mol. The monoisotopic (exact) mass is 665 g/mol. The molecule has 2 aliphatic rings. The fourth-order valence-electron chi connectivity index (χ4n) is 6.38. The minimum Gasteiger partial charge on any atom is -0.492 e. The third-order valence-corrected chi connectivity index (χ3v) is 10.6. The molecule has 1 heterocycles. The number of ether oxygens (including phenoxy) is 2. The van der Waals surface area contributed by atoms with E-state index < -0.39 is 10.0 Å². The number of carbonyl (C=O) groups is 2. The van der Waals surface area contributed by atoms with E-state index in [1.807, 2.05) is 38.1 Å². The second kappa shape index (κ2) is 15.9. The predicted octanol–water partition coefficient (Wildman–Crippen LogP) is 5.61. The van der Waals surface area contributed by atoms with Gasteiger partial charge in [0.25, 0.3) is 0 Å². The van der Waals surface area contributed by atoms with E-state index in [2.05, 4.69) is 14.9 Å². The third kappa shape index (κ3) is 9.18. The summed E-state index contributed by atoms with van der Waals surface area (Å²) < 4.78 is 53.5. The van der Waals surface area contributed by atoms with Crippen LogP contribution in [0.5, 0.6) is 5.75 Å². The Morgan fingerprint density at radius 3 is 2.19 bits per heavy atom. The van der Waals surface area contributed by atoms with Crippen molar-refractivity contribution < 1.29 is 31.9 Å². The molecule has 0 spiro atoms. The lowest BCUT2D eigenvalue weighted by atomic mass is 9.85. The molecule has 1 saturated carbocycles. The number of halogens is 1. The van der Waals surface area contributed by atoms with Gasteiger partial charge in [-0.1, -0.05) is 36.4 Å². The molecule has 5 rings (SSSR count). The van der Waals surface area contributed by atoms with E-state index >= 15 is 0 Å². The first-order valence-electron chi connectivity index (χ1n) is 16.4. The average molecular weight is 666 g/mol. The van der Waals surface area contributed by atoms with Crippen molar-refractivity contribution in [3.63, 3.8) is 0 Å². The fourth-order valence-corrected chi connectivity index (χ4v) is 7.68. The summed E-state index contributed by atoms with van der Waals surface area (Å²) in [6.45, 7) is 6.02. The summed E-state index contributed by atoms with van der Waals surface area (Å²) >= 11 is 0. The largest absolute Gasteiger partial charge is 0.492 e. The second-order valence-corrected chi connectivity index (χ2v) is 14.0. The van der Waals surface area contributed by atoms with Crippen molar-refractivity contribution in [1.29, 1.82) is 0 Å². The smallest absolute Gasteiger partial charge is 0.323 e. The Labute approximate surface area is 276 Å². The molecular formula is C36H44FN3O6S. The Kier molecular flexibility index (Phi) is 11.7. The standard InChI is InChI=1S/C36H44FN3O6S/c1-3-45-36(42)34-5-4-22-40(34)23-24-46-32-18-10-27(11-19-32)28-12-20-33(21-13-28)47(43,44)39-31-16-8-29(9-17-31)35(41)38-25(2)26-6-14-30(37)15-7-26/h6-7,10-15,18-21,25,29,31,34,39H,3-5,8-9,16-17,22-24H2,1-2H3,(H,38,41)/t25-,29-,31-,34-/m1/s1. The molecule has 0 unspecified atom stereocenters. The number of hydrogen-bond donors (Lipinski definition) is 2. The first kappa shape index (κ1) is 34.5. The number of benzene rings is 3. The Hall–Kier alpha value is -3.80. The average Bonchev–Trinajstić information content (AvgIpc) is 3.54. The quantitative estimate of drug-likeness (QED) is 0.228. The minimum atomic E-state index is -3.73. The summed E-state index contributed by atoms with van der Waals surface area (Å²) in [5.74, 6) is -0.0198. The second-order valence-electron chi connectivity index (χ2n) is 12.3. The molecule has 47 heavy (non-hydrogen) atoms. The molecule has 2 atom stereocenters. The zero-order valence-corrected chi connectivity index (χ0v) is 27.8. The van der Waals surface area contributed by atoms with Crippen LogP contribution in [0.3, 0.4) is 0 Å². The van der Waals surface area contributed by atoms with Gasteiger partial charge in [0.05, 0.1) is 17.5 Å². The highest BCUT2D eigenvalue weighted by Crippen LogP contribution is 2.28. The Morgan fingerprint density at radius 2 is 1.55 bits per heavy atom. The van der Waals surface area contributed by atoms with Crippen molar-refractivity contribution in [2.75, 3.05) is 26.3 Å². The number of likely N-dealkylation sites (tertiary alicyclic amines) is 1. The highest BCUT2D eigenvalue weighted by molar-refractivity contribution is 7.89. The van der Waals surface area contributed by atoms with Crippen molar-refractivity contribution in [3.05, 3.63) is 84.2 Å². The van der Waals surface area contributed by atoms with Crippen molar-refractivity contribution in [2.24, 2.45) is 5.92 Å². The lowest BCUT2D eigenvalue weighted by molar-refractivity contribution is -0.148. The highest BCUT2D eigenvalue weighted by Gasteiger charge is 2.32. The molecule has 9 nitrogen and oxygen atoms in total. The number of nitrogens with one attached hydrogen (secondary N) is 2. The van der Waals surface area contributed by atoms with Crippen molar-refractivity contribution in [1.82, 2.24) is 14.9 Å². The van der Waals surface area contributed by atoms with Gasteiger partial charge >= 0.3 is 5.97 Å². The van der Waals surface area contributed by atoms with Crippen molar-refractivity contribution in [2.45, 2.75) is 75.4 Å². The van der Waals surface area contributed by atoms with Crippen LogP contribution in [0.1, 0.15) is 64.0 Å². The molecule has 0 radical (unpaired) electrons. The van der Waals surface area contributed by atoms with Crippen LogP contribution in [0.15, 0.2) is 77.7 Å². The van der Waals surface area contributed by atoms with E-state index in [4.69, 9.17) is 9.47 Å². The lowest BCUT2D eigenvalue weighted by Crippen LogP contribution is -2.41. The van der Waals surface area contributed by atoms with Gasteiger partial charge < -0.3 is 14.8 Å². The summed E-state index contributed by atoms with van der Waals surface area (Å²) in [7, 11) is -3.73. The molecule has 252 valence electrons. The molecule has 2 N–H and O–H groups in total. The maximum Gasteiger partial charge on any atom is 0.323 e. The van der Waals surface area contributed by atoms with Crippen LogP contribution in [0, 0.1) is 11.7 Å². The van der Waals surface area contributed by atoms with Crippen LogP contribution in [-0.4, -0.2) is 63.6 Å². The summed E-state index contributed by atoms with van der Waals surface area (Å²) in [6, 6.07) is 19.8. The molecule has 3 aromatic carbocycles. The van der Waals surface area contributed by atoms with Gasteiger partial charge in [0.15, 0.2) is 0 Å². The van der Waals surface area contributed by atoms with Gasteiger partial charge in [-0.25, -0.2) is 17.5 Å². The van der Waals surface area contributed by atoms with Crippen LogP contribution in [0.2, 0.25) is 0 Å². The molecule has 1 aliphatic carbocycles. The number of carbonyl (C=O) groups excluding carboxylic acids is 2. The maximum absolute atomic E-state index is 13.2. The van der Waals surface area contributed by atoms with E-state index in [1.165, 1.54) is 12.1 Å². The topological polar surface area (TPSA) is 114 Å². The van der Waals surface area contributed by atoms with E-state index in [0.717, 1.165) is 41.8 Å². The van der Waals surface area contributed by atoms with Gasteiger partial charge in [-0.05, 0) is 112 Å². The zero-order valence-electron chi connectivity index (χ0n) is 27.0. The van der Waals surface area contributed by atoms with Gasteiger partial charge in [-0.3, -0.25) is 14.5 Å². The third-order valence-electron chi connectivity index (χ3n) is 9.07. The minimum absolute atomic E-state index is 0.0652. The number of amides is 1. The maximum atomic E-state index is 13.2. The zero-order chi connectivity index (χ0) is 33.4. The van der Waals surface area contributed by atoms with Crippen LogP contribution >= 0.6 is 0 Å². The molecule has 1 aliphatic heterocycles. The van der Waals surface area contributed by atoms with Crippen molar-refractivity contribution >= 4 is 21.9 Å². The number of rotatable bonds is 13. The SMILES string of the molecule is CCOC(=O)[C@H]1CCCN1CCOc1ccc(-c2ccc(S(=O)(=O)N[C@H]3CC[C@H](C(=O)N[C@H](C)c4ccc(F)cc4)CC3)cc2)cc1. The molecule has 3 aromatic rings. The summed E-state index contributed by atoms with van der Waals surface area (Å²) in [6.07, 6.45) is 4.08. The van der Waals surface area contributed by atoms with Gasteiger partial charge in [0.2, 0.25) is 15.9 Å². The Bertz CT molecular complexity index is 1590. The van der Waals surface area contributed by atoms with E-state index in [-0.39, 0.29) is 46.6 Å². The summed E-state index contributed by atoms with van der Waals surface area (Å²) in [5, 5.41) is 3.00. The van der Waals surface area contributed by atoms with Gasteiger partial charge in [0, 0.05) is 18.5 Å². The van der Waals surface area contributed by atoms with Crippen molar-refractivity contribution in [3.8, 4) is 16.9 Å². The number of hydrogen-bond acceptors (Lipinski definition) is 7. The molecule has 0 aromatic heterocycles. The molecule has 2 fully saturated rings. The van der Waals surface area contributed by atoms with Crippen LogP contribution < -0.4 is 14.8 Å². The highest BCUT2D eigenvalue weighted by atomic mass is 32.2. The van der Waals surface area contributed by atoms with E-state index in [1.54, 1.807) is 36.4 Å². The number of sulfonamides is 1. The molecule has 1 saturated heterocycles. The van der Waals surface area contributed by atoms with Crippen LogP contribution in [0.25, 0.3) is 11.1 Å². The van der Waals surface area contributed by atoms with Gasteiger partial charge in [-0.2, -0.15) is 0 Å². The summed E-state index contributed by atoms with van der Waals surface area (Å²) in [5.41, 5.74) is 2.64. The predicted molar refractivity (Wildman–Crippen MR) is 178 cm³/mol. The van der Waals surface area contributed by atoms with Crippen LogP contribution in [-0.2, 0) is 24.3 Å².